The molecule has 0 unspecified atom stereocenters. The molecule has 0 spiro atoms. The van der Waals surface area contributed by atoms with Gasteiger partial charge in [-0.3, -0.25) is 9.69 Å². The number of carbonyl (C=O) groups is 1. The van der Waals surface area contributed by atoms with Crippen LogP contribution >= 0.6 is 0 Å². The molecule has 7 nitrogen and oxygen atoms in total. The highest BCUT2D eigenvalue weighted by Gasteiger charge is 2.13. The van der Waals surface area contributed by atoms with Crippen LogP contribution in [0, 0.1) is 0 Å². The number of aromatic nitrogens is 2. The summed E-state index contributed by atoms with van der Waals surface area (Å²) < 4.78 is 5.20. The lowest BCUT2D eigenvalue weighted by Crippen LogP contribution is -2.28. The Balaban J connectivity index is 1.97. The van der Waals surface area contributed by atoms with Crippen molar-refractivity contribution in [2.75, 3.05) is 20.1 Å². The summed E-state index contributed by atoms with van der Waals surface area (Å²) in [6, 6.07) is 10.1. The van der Waals surface area contributed by atoms with Crippen LogP contribution in [0.25, 0.3) is 0 Å². The van der Waals surface area contributed by atoms with Crippen molar-refractivity contribution >= 4 is 5.91 Å². The predicted octanol–water partition coefficient (Wildman–Crippen LogP) is 0.319. The summed E-state index contributed by atoms with van der Waals surface area (Å²) in [6.45, 7) is 2.53. The normalized spacial score (nSPS) is 10.9. The number of nitrogens with two attached hydrogens (primary N) is 1. The monoisotopic (exact) mass is 303 g/mol. The number of nitrogens with one attached hydrogen (secondary N) is 1. The van der Waals surface area contributed by atoms with E-state index in [9.17, 15) is 4.79 Å². The van der Waals surface area contributed by atoms with Gasteiger partial charge in [0, 0.05) is 26.7 Å². The molecule has 1 aromatic heterocycles. The molecule has 22 heavy (non-hydrogen) atoms. The topological polar surface area (TPSA) is 97.3 Å². The Morgan fingerprint density at radius 1 is 1.32 bits per heavy atom. The highest BCUT2D eigenvalue weighted by Crippen LogP contribution is 2.08. The zero-order valence-corrected chi connectivity index (χ0v) is 12.7. The van der Waals surface area contributed by atoms with Gasteiger partial charge in [-0.2, -0.15) is 4.98 Å². The SMILES string of the molecule is CNC(=O)Cc1noc(CN(CCN)Cc2ccccc2)n1. The molecule has 0 fully saturated rings. The first-order chi connectivity index (χ1) is 10.7. The number of amides is 1. The first kappa shape index (κ1) is 16.1. The largest absolute Gasteiger partial charge is 0.359 e. The van der Waals surface area contributed by atoms with E-state index in [0.29, 0.717) is 24.8 Å². The van der Waals surface area contributed by atoms with Gasteiger partial charge < -0.3 is 15.6 Å². The number of hydrogen-bond donors (Lipinski definition) is 2. The summed E-state index contributed by atoms with van der Waals surface area (Å²) in [5, 5.41) is 6.35. The zero-order valence-electron chi connectivity index (χ0n) is 12.7. The third kappa shape index (κ3) is 4.94. The summed E-state index contributed by atoms with van der Waals surface area (Å²) >= 11 is 0. The first-order valence-electron chi connectivity index (χ1n) is 7.19. The molecule has 0 saturated heterocycles. The molecular weight excluding hydrogens is 282 g/mol. The van der Waals surface area contributed by atoms with Gasteiger partial charge in [0.05, 0.1) is 13.0 Å². The van der Waals surface area contributed by atoms with Crippen LogP contribution in [-0.2, 0) is 24.3 Å². The van der Waals surface area contributed by atoms with Gasteiger partial charge >= 0.3 is 0 Å². The van der Waals surface area contributed by atoms with Crippen LogP contribution in [0.1, 0.15) is 17.3 Å². The Labute approximate surface area is 129 Å². The minimum Gasteiger partial charge on any atom is -0.359 e. The van der Waals surface area contributed by atoms with Gasteiger partial charge in [-0.25, -0.2) is 0 Å². The van der Waals surface area contributed by atoms with Crippen molar-refractivity contribution in [3.63, 3.8) is 0 Å². The Hall–Kier alpha value is -2.25. The lowest BCUT2D eigenvalue weighted by Gasteiger charge is -2.19. The Morgan fingerprint density at radius 2 is 2.09 bits per heavy atom. The van der Waals surface area contributed by atoms with Crippen molar-refractivity contribution in [3.05, 3.63) is 47.6 Å². The molecule has 118 valence electrons. The molecule has 2 rings (SSSR count). The van der Waals surface area contributed by atoms with Crippen molar-refractivity contribution in [1.82, 2.24) is 20.4 Å². The van der Waals surface area contributed by atoms with Crippen LogP contribution in [0.5, 0.6) is 0 Å². The summed E-state index contributed by atoms with van der Waals surface area (Å²) in [5.74, 6) is 0.737. The van der Waals surface area contributed by atoms with E-state index in [1.165, 1.54) is 5.56 Å². The van der Waals surface area contributed by atoms with Crippen LogP contribution in [0.3, 0.4) is 0 Å². The fraction of sp³-hybridized carbons (Fsp3) is 0.400. The second kappa shape index (κ2) is 8.26. The van der Waals surface area contributed by atoms with Gasteiger partial charge in [0.25, 0.3) is 0 Å². The third-order valence-corrected chi connectivity index (χ3v) is 3.16. The van der Waals surface area contributed by atoms with E-state index in [1.807, 2.05) is 18.2 Å². The number of likely N-dealkylation sites (N-methyl/N-ethyl adjacent to an activating group) is 1. The summed E-state index contributed by atoms with van der Waals surface area (Å²) in [7, 11) is 1.58. The van der Waals surface area contributed by atoms with Gasteiger partial charge in [-0.05, 0) is 5.56 Å². The Bertz CT molecular complexity index is 585. The molecule has 3 N–H and O–H groups in total. The summed E-state index contributed by atoms with van der Waals surface area (Å²) in [6.07, 6.45) is 0.121. The summed E-state index contributed by atoms with van der Waals surface area (Å²) in [4.78, 5) is 17.7. The van der Waals surface area contributed by atoms with Crippen LogP contribution in [-0.4, -0.2) is 41.1 Å². The molecule has 0 radical (unpaired) electrons. The molecule has 0 aliphatic heterocycles. The fourth-order valence-electron chi connectivity index (χ4n) is 2.09. The van der Waals surface area contributed by atoms with E-state index >= 15 is 0 Å². The van der Waals surface area contributed by atoms with Crippen molar-refractivity contribution < 1.29 is 9.32 Å². The van der Waals surface area contributed by atoms with E-state index in [0.717, 1.165) is 13.1 Å². The van der Waals surface area contributed by atoms with E-state index in [-0.39, 0.29) is 12.3 Å². The molecule has 7 heteroatoms. The molecule has 0 aliphatic rings. The van der Waals surface area contributed by atoms with E-state index in [2.05, 4.69) is 32.5 Å². The molecule has 0 bridgehead atoms. The molecule has 0 aliphatic carbocycles. The van der Waals surface area contributed by atoms with Crippen LogP contribution in [0.2, 0.25) is 0 Å². The maximum atomic E-state index is 11.3. The van der Waals surface area contributed by atoms with Gasteiger partial charge in [-0.15, -0.1) is 0 Å². The van der Waals surface area contributed by atoms with Gasteiger partial charge in [0.15, 0.2) is 5.82 Å². The standard InChI is InChI=1S/C15H21N5O2/c1-17-14(21)9-13-18-15(22-19-13)11-20(8-7-16)10-12-5-3-2-4-6-12/h2-6H,7-11,16H2,1H3,(H,17,21). The number of nitrogens with zero attached hydrogens (tertiary/aromatic N) is 3. The maximum absolute atomic E-state index is 11.3. The second-order valence-corrected chi connectivity index (χ2v) is 4.94. The lowest BCUT2D eigenvalue weighted by atomic mass is 10.2. The van der Waals surface area contributed by atoms with Gasteiger partial charge in [0.2, 0.25) is 11.8 Å². The van der Waals surface area contributed by atoms with Gasteiger partial charge in [0.1, 0.15) is 0 Å². The number of hydrogen-bond acceptors (Lipinski definition) is 6. The quantitative estimate of drug-likeness (QED) is 0.729. The van der Waals surface area contributed by atoms with Crippen LogP contribution < -0.4 is 11.1 Å². The molecule has 0 atom stereocenters. The Morgan fingerprint density at radius 3 is 2.77 bits per heavy atom. The highest BCUT2D eigenvalue weighted by molar-refractivity contribution is 5.77. The highest BCUT2D eigenvalue weighted by atomic mass is 16.5. The van der Waals surface area contributed by atoms with Crippen molar-refractivity contribution in [1.29, 1.82) is 0 Å². The maximum Gasteiger partial charge on any atom is 0.240 e. The molecule has 1 heterocycles. The first-order valence-corrected chi connectivity index (χ1v) is 7.19. The average molecular weight is 303 g/mol. The summed E-state index contributed by atoms with van der Waals surface area (Å²) in [5.41, 5.74) is 6.86. The second-order valence-electron chi connectivity index (χ2n) is 4.94. The lowest BCUT2D eigenvalue weighted by molar-refractivity contribution is -0.120. The smallest absolute Gasteiger partial charge is 0.240 e. The fourth-order valence-corrected chi connectivity index (χ4v) is 2.09. The minimum absolute atomic E-state index is 0.121. The van der Waals surface area contributed by atoms with Crippen molar-refractivity contribution in [2.24, 2.45) is 5.73 Å². The molecule has 1 amide bonds. The Kier molecular flexibility index (Phi) is 6.05. The average Bonchev–Trinajstić information content (AvgIpc) is 2.95. The van der Waals surface area contributed by atoms with E-state index < -0.39 is 0 Å². The molecule has 1 aromatic carbocycles. The van der Waals surface area contributed by atoms with Crippen LogP contribution in [0.15, 0.2) is 34.9 Å². The van der Waals surface area contributed by atoms with Gasteiger partial charge in [-0.1, -0.05) is 35.5 Å². The van der Waals surface area contributed by atoms with Crippen molar-refractivity contribution in [2.45, 2.75) is 19.5 Å². The van der Waals surface area contributed by atoms with Crippen molar-refractivity contribution in [3.8, 4) is 0 Å². The molecule has 2 aromatic rings. The van der Waals surface area contributed by atoms with E-state index in [4.69, 9.17) is 10.3 Å². The number of benzene rings is 1. The number of carbonyl (C=O) groups excluding carboxylic acids is 1. The minimum atomic E-state index is -0.143. The number of rotatable bonds is 8. The molecular formula is C15H21N5O2. The zero-order chi connectivity index (χ0) is 15.8. The van der Waals surface area contributed by atoms with E-state index in [1.54, 1.807) is 7.05 Å². The predicted molar refractivity (Wildman–Crippen MR) is 81.7 cm³/mol. The van der Waals surface area contributed by atoms with Crippen LogP contribution in [0.4, 0.5) is 0 Å². The third-order valence-electron chi connectivity index (χ3n) is 3.16. The molecule has 0 saturated carbocycles.